The van der Waals surface area contributed by atoms with Crippen molar-refractivity contribution < 1.29 is 9.90 Å². The maximum Gasteiger partial charge on any atom is 0.251 e. The van der Waals surface area contributed by atoms with Crippen LogP contribution >= 0.6 is 0 Å². The molecule has 3 N–H and O–H groups in total. The number of hydrogen-bond donors (Lipinski definition) is 3. The molecule has 1 fully saturated rings. The first-order valence-corrected chi connectivity index (χ1v) is 8.29. The molecule has 1 aromatic carbocycles. The molecular formula is C18H22N2O2. The van der Waals surface area contributed by atoms with Crippen LogP contribution in [0.5, 0.6) is 0 Å². The van der Waals surface area contributed by atoms with Crippen molar-refractivity contribution in [2.45, 2.75) is 50.5 Å². The summed E-state index contributed by atoms with van der Waals surface area (Å²) in [5, 5.41) is 14.1. The van der Waals surface area contributed by atoms with E-state index in [4.69, 9.17) is 0 Å². The average molecular weight is 298 g/mol. The van der Waals surface area contributed by atoms with E-state index >= 15 is 0 Å². The highest BCUT2D eigenvalue weighted by Gasteiger charge is 2.34. The van der Waals surface area contributed by atoms with E-state index in [1.807, 2.05) is 18.2 Å². The van der Waals surface area contributed by atoms with E-state index in [0.29, 0.717) is 12.1 Å². The molecular weight excluding hydrogens is 276 g/mol. The van der Waals surface area contributed by atoms with Gasteiger partial charge < -0.3 is 15.4 Å². The maximum atomic E-state index is 12.3. The summed E-state index contributed by atoms with van der Waals surface area (Å²) in [6.45, 7) is 0.356. The van der Waals surface area contributed by atoms with Gasteiger partial charge in [-0.15, -0.1) is 0 Å². The molecule has 2 aromatic rings. The van der Waals surface area contributed by atoms with Gasteiger partial charge in [-0.1, -0.05) is 0 Å². The largest absolute Gasteiger partial charge is 0.388 e. The smallest absolute Gasteiger partial charge is 0.251 e. The van der Waals surface area contributed by atoms with E-state index in [0.717, 1.165) is 37.6 Å². The highest BCUT2D eigenvalue weighted by atomic mass is 16.3. The number of aromatic nitrogens is 1. The Morgan fingerprint density at radius 2 is 2.05 bits per heavy atom. The predicted octanol–water partition coefficient (Wildman–Crippen LogP) is 2.69. The minimum atomic E-state index is -0.674. The van der Waals surface area contributed by atoms with Crippen molar-refractivity contribution in [3.63, 3.8) is 0 Å². The fourth-order valence-corrected chi connectivity index (χ4v) is 3.66. The number of aryl methyl sites for hydroxylation is 2. The van der Waals surface area contributed by atoms with Crippen molar-refractivity contribution in [1.82, 2.24) is 10.3 Å². The molecule has 2 aliphatic carbocycles. The molecule has 0 radical (unpaired) electrons. The van der Waals surface area contributed by atoms with Gasteiger partial charge in [-0.25, -0.2) is 0 Å². The molecule has 0 atom stereocenters. The van der Waals surface area contributed by atoms with Crippen LogP contribution in [0.15, 0.2) is 18.2 Å². The van der Waals surface area contributed by atoms with Gasteiger partial charge in [0.15, 0.2) is 0 Å². The van der Waals surface area contributed by atoms with E-state index in [1.165, 1.54) is 29.5 Å². The Labute approximate surface area is 129 Å². The van der Waals surface area contributed by atoms with Crippen LogP contribution in [0.1, 0.15) is 53.7 Å². The van der Waals surface area contributed by atoms with Crippen LogP contribution in [-0.2, 0) is 12.8 Å². The number of nitrogens with one attached hydrogen (secondary N) is 2. The van der Waals surface area contributed by atoms with Gasteiger partial charge in [0.1, 0.15) is 0 Å². The van der Waals surface area contributed by atoms with Gasteiger partial charge in [0.05, 0.1) is 5.60 Å². The second-order valence-corrected chi connectivity index (χ2v) is 6.81. The molecule has 1 heterocycles. The van der Waals surface area contributed by atoms with E-state index in [2.05, 4.69) is 10.3 Å². The van der Waals surface area contributed by atoms with Crippen molar-refractivity contribution in [2.75, 3.05) is 6.54 Å². The Balaban J connectivity index is 1.57. The van der Waals surface area contributed by atoms with Gasteiger partial charge >= 0.3 is 0 Å². The zero-order valence-corrected chi connectivity index (χ0v) is 12.7. The molecule has 4 heteroatoms. The zero-order valence-electron chi connectivity index (χ0n) is 12.7. The number of hydrogen-bond acceptors (Lipinski definition) is 2. The van der Waals surface area contributed by atoms with Gasteiger partial charge in [-0.3, -0.25) is 4.79 Å². The fraction of sp³-hybridized carbons (Fsp3) is 0.500. The molecule has 116 valence electrons. The summed E-state index contributed by atoms with van der Waals surface area (Å²) in [6.07, 6.45) is 7.30. The summed E-state index contributed by atoms with van der Waals surface area (Å²) < 4.78 is 0. The monoisotopic (exact) mass is 298 g/mol. The first-order valence-electron chi connectivity index (χ1n) is 8.29. The Bertz CT molecular complexity index is 728. The number of carbonyl (C=O) groups is 1. The number of benzene rings is 1. The molecule has 2 aliphatic rings. The third-order valence-electron chi connectivity index (χ3n) is 5.22. The zero-order chi connectivity index (χ0) is 15.2. The number of rotatable bonds is 3. The summed E-state index contributed by atoms with van der Waals surface area (Å²) in [5.41, 5.74) is 3.85. The van der Waals surface area contributed by atoms with Crippen molar-refractivity contribution >= 4 is 16.8 Å². The molecule has 0 bridgehead atoms. The summed E-state index contributed by atoms with van der Waals surface area (Å²) >= 11 is 0. The lowest BCUT2D eigenvalue weighted by molar-refractivity contribution is -0.0300. The van der Waals surface area contributed by atoms with Gasteiger partial charge in [0, 0.05) is 28.7 Å². The Hall–Kier alpha value is -1.81. The normalized spacial score (nSPS) is 19.5. The highest BCUT2D eigenvalue weighted by Crippen LogP contribution is 2.31. The molecule has 4 rings (SSSR count). The van der Waals surface area contributed by atoms with E-state index < -0.39 is 5.60 Å². The van der Waals surface area contributed by atoms with Gasteiger partial charge in [0.2, 0.25) is 0 Å². The standard InChI is InChI=1S/C18H22N2O2/c21-17(19-11-18(22)8-3-9-18)12-6-7-16-14(10-12)13-4-1-2-5-15(13)20-16/h6-7,10,20,22H,1-5,8-9,11H2,(H,19,21). The molecule has 1 saturated carbocycles. The minimum absolute atomic E-state index is 0.0898. The fourth-order valence-electron chi connectivity index (χ4n) is 3.66. The van der Waals surface area contributed by atoms with Crippen LogP contribution in [0.25, 0.3) is 10.9 Å². The lowest BCUT2D eigenvalue weighted by Gasteiger charge is -2.36. The van der Waals surface area contributed by atoms with Crippen molar-refractivity contribution in [3.05, 3.63) is 35.0 Å². The van der Waals surface area contributed by atoms with Crippen molar-refractivity contribution in [3.8, 4) is 0 Å². The topological polar surface area (TPSA) is 65.1 Å². The quantitative estimate of drug-likeness (QED) is 0.815. The minimum Gasteiger partial charge on any atom is -0.388 e. The van der Waals surface area contributed by atoms with Gasteiger partial charge in [-0.2, -0.15) is 0 Å². The van der Waals surface area contributed by atoms with Crippen molar-refractivity contribution in [2.24, 2.45) is 0 Å². The number of carbonyl (C=O) groups excluding carboxylic acids is 1. The molecule has 4 nitrogen and oxygen atoms in total. The van der Waals surface area contributed by atoms with Crippen LogP contribution in [0.3, 0.4) is 0 Å². The predicted molar refractivity (Wildman–Crippen MR) is 86.1 cm³/mol. The summed E-state index contributed by atoms with van der Waals surface area (Å²) in [4.78, 5) is 15.8. The van der Waals surface area contributed by atoms with Crippen LogP contribution in [-0.4, -0.2) is 28.1 Å². The van der Waals surface area contributed by atoms with E-state index in [-0.39, 0.29) is 5.91 Å². The maximum absolute atomic E-state index is 12.3. The van der Waals surface area contributed by atoms with Crippen LogP contribution < -0.4 is 5.32 Å². The van der Waals surface area contributed by atoms with E-state index in [1.54, 1.807) is 0 Å². The second-order valence-electron chi connectivity index (χ2n) is 6.81. The Morgan fingerprint density at radius 1 is 1.23 bits per heavy atom. The first kappa shape index (κ1) is 13.8. The van der Waals surface area contributed by atoms with Gasteiger partial charge in [-0.05, 0) is 68.7 Å². The molecule has 1 aromatic heterocycles. The Morgan fingerprint density at radius 3 is 2.82 bits per heavy atom. The lowest BCUT2D eigenvalue weighted by atomic mass is 9.80. The number of aliphatic hydroxyl groups is 1. The van der Waals surface area contributed by atoms with Crippen LogP contribution in [0.4, 0.5) is 0 Å². The average Bonchev–Trinajstić information content (AvgIpc) is 2.88. The molecule has 0 aliphatic heterocycles. The third-order valence-corrected chi connectivity index (χ3v) is 5.22. The number of H-pyrrole nitrogens is 1. The van der Waals surface area contributed by atoms with Gasteiger partial charge in [0.25, 0.3) is 5.91 Å². The molecule has 1 amide bonds. The number of fused-ring (bicyclic) bond motifs is 3. The Kier molecular flexibility index (Phi) is 3.22. The highest BCUT2D eigenvalue weighted by molar-refractivity contribution is 5.99. The van der Waals surface area contributed by atoms with Crippen LogP contribution in [0.2, 0.25) is 0 Å². The second kappa shape index (κ2) is 5.13. The van der Waals surface area contributed by atoms with Crippen LogP contribution in [0, 0.1) is 0 Å². The molecule has 0 unspecified atom stereocenters. The first-order chi connectivity index (χ1) is 10.6. The lowest BCUT2D eigenvalue weighted by Crippen LogP contribution is -2.47. The molecule has 0 spiro atoms. The summed E-state index contributed by atoms with van der Waals surface area (Å²) in [7, 11) is 0. The summed E-state index contributed by atoms with van der Waals surface area (Å²) in [6, 6.07) is 5.86. The SMILES string of the molecule is O=C(NCC1(O)CCC1)c1ccc2[nH]c3c(c2c1)CCCC3. The summed E-state index contributed by atoms with van der Waals surface area (Å²) in [5.74, 6) is -0.0898. The number of aromatic amines is 1. The third kappa shape index (κ3) is 2.31. The van der Waals surface area contributed by atoms with E-state index in [9.17, 15) is 9.90 Å². The molecule has 22 heavy (non-hydrogen) atoms. The number of amides is 1. The van der Waals surface area contributed by atoms with Crippen molar-refractivity contribution in [1.29, 1.82) is 0 Å². The molecule has 0 saturated heterocycles.